The minimum Gasteiger partial charge on any atom is -0.497 e. The molecule has 3 rings (SSSR count). The van der Waals surface area contributed by atoms with E-state index in [2.05, 4.69) is 0 Å². The average molecular weight is 280 g/mol. The van der Waals surface area contributed by atoms with Crippen molar-refractivity contribution >= 4 is 17.3 Å². The van der Waals surface area contributed by atoms with Gasteiger partial charge < -0.3 is 4.74 Å². The van der Waals surface area contributed by atoms with Crippen molar-refractivity contribution in [3.05, 3.63) is 65.2 Å². The lowest BCUT2D eigenvalue weighted by molar-refractivity contribution is 0.0756. The van der Waals surface area contributed by atoms with E-state index in [0.29, 0.717) is 22.4 Å². The molecule has 0 aromatic heterocycles. The topological polar surface area (TPSA) is 60.4 Å². The maximum absolute atomic E-state index is 12.5. The van der Waals surface area contributed by atoms with Crippen LogP contribution in [0.5, 0.6) is 5.75 Å². The molecular formula is C17H12O4. The monoisotopic (exact) mass is 280 g/mol. The summed E-state index contributed by atoms with van der Waals surface area (Å²) in [7, 11) is 1.53. The molecule has 0 amide bonds. The largest absolute Gasteiger partial charge is 0.497 e. The highest BCUT2D eigenvalue weighted by Crippen LogP contribution is 2.29. The molecule has 0 saturated heterocycles. The predicted octanol–water partition coefficient (Wildman–Crippen LogP) is 2.57. The summed E-state index contributed by atoms with van der Waals surface area (Å²) in [5.41, 5.74) is 0.985. The number of fused-ring (bicyclic) bond motifs is 1. The van der Waals surface area contributed by atoms with Crippen LogP contribution in [0.3, 0.4) is 0 Å². The van der Waals surface area contributed by atoms with E-state index >= 15 is 0 Å². The van der Waals surface area contributed by atoms with Gasteiger partial charge in [-0.1, -0.05) is 24.3 Å². The number of benzene rings is 2. The molecule has 0 aliphatic heterocycles. The number of carbonyl (C=O) groups excluding carboxylic acids is 3. The first-order chi connectivity index (χ1) is 10.1. The molecule has 21 heavy (non-hydrogen) atoms. The van der Waals surface area contributed by atoms with Crippen molar-refractivity contribution in [3.63, 3.8) is 0 Å². The Bertz CT molecular complexity index is 709. The highest BCUT2D eigenvalue weighted by molar-refractivity contribution is 6.37. The first kappa shape index (κ1) is 13.2. The first-order valence-electron chi connectivity index (χ1n) is 6.49. The molecule has 4 heteroatoms. The molecule has 0 N–H and O–H groups in total. The summed E-state index contributed by atoms with van der Waals surface area (Å²) in [6, 6.07) is 12.9. The molecule has 0 spiro atoms. The van der Waals surface area contributed by atoms with E-state index in [1.165, 1.54) is 7.11 Å². The Morgan fingerprint density at radius 2 is 1.43 bits per heavy atom. The molecule has 1 aliphatic rings. The van der Waals surface area contributed by atoms with Crippen LogP contribution < -0.4 is 4.74 Å². The van der Waals surface area contributed by atoms with Crippen LogP contribution in [0.1, 0.15) is 31.1 Å². The lowest BCUT2D eigenvalue weighted by atomic mass is 9.93. The van der Waals surface area contributed by atoms with Crippen molar-refractivity contribution in [2.24, 2.45) is 5.92 Å². The average Bonchev–Trinajstić information content (AvgIpc) is 2.79. The highest BCUT2D eigenvalue weighted by Gasteiger charge is 2.43. The Morgan fingerprint density at radius 3 is 1.90 bits per heavy atom. The van der Waals surface area contributed by atoms with Crippen molar-refractivity contribution in [1.82, 2.24) is 0 Å². The Hall–Kier alpha value is -2.75. The van der Waals surface area contributed by atoms with Crippen LogP contribution in [0, 0.1) is 5.92 Å². The fourth-order valence-corrected chi connectivity index (χ4v) is 2.50. The Balaban J connectivity index is 1.96. The molecule has 0 heterocycles. The quantitative estimate of drug-likeness (QED) is 0.640. The van der Waals surface area contributed by atoms with Gasteiger partial charge in [0.2, 0.25) is 0 Å². The minimum atomic E-state index is -1.25. The van der Waals surface area contributed by atoms with Crippen LogP contribution in [0.2, 0.25) is 0 Å². The number of rotatable bonds is 3. The standard InChI is InChI=1S/C17H12O4/c1-21-11-8-6-10(7-9-11)15(18)14-16(19)12-4-2-3-5-13(12)17(14)20/h2-9,14H,1H3. The Morgan fingerprint density at radius 1 is 0.905 bits per heavy atom. The SMILES string of the molecule is COc1ccc(C(=O)C2C(=O)c3ccccc3C2=O)cc1. The number of hydrogen-bond acceptors (Lipinski definition) is 4. The van der Waals surface area contributed by atoms with E-state index in [1.54, 1.807) is 48.5 Å². The van der Waals surface area contributed by atoms with Gasteiger partial charge in [0.15, 0.2) is 17.3 Å². The molecule has 1 aliphatic carbocycles. The maximum Gasteiger partial charge on any atom is 0.182 e. The van der Waals surface area contributed by atoms with Crippen LogP contribution in [0.15, 0.2) is 48.5 Å². The highest BCUT2D eigenvalue weighted by atomic mass is 16.5. The molecule has 0 atom stereocenters. The second-order valence-corrected chi connectivity index (χ2v) is 4.80. The number of ketones is 3. The lowest BCUT2D eigenvalue weighted by Gasteiger charge is -2.07. The van der Waals surface area contributed by atoms with Gasteiger partial charge >= 0.3 is 0 Å². The van der Waals surface area contributed by atoms with Gasteiger partial charge in [-0.05, 0) is 24.3 Å². The Kier molecular flexibility index (Phi) is 3.14. The van der Waals surface area contributed by atoms with Crippen molar-refractivity contribution in [2.75, 3.05) is 7.11 Å². The molecule has 2 aromatic carbocycles. The first-order valence-corrected chi connectivity index (χ1v) is 6.49. The number of ether oxygens (including phenoxy) is 1. The molecule has 0 bridgehead atoms. The van der Waals surface area contributed by atoms with Crippen LogP contribution in [0.25, 0.3) is 0 Å². The molecule has 4 nitrogen and oxygen atoms in total. The third-order valence-electron chi connectivity index (χ3n) is 3.62. The fraction of sp³-hybridized carbons (Fsp3) is 0.118. The van der Waals surface area contributed by atoms with E-state index in [0.717, 1.165) is 0 Å². The number of hydrogen-bond donors (Lipinski definition) is 0. The Labute approximate surface area is 121 Å². The van der Waals surface area contributed by atoms with Gasteiger partial charge in [-0.3, -0.25) is 14.4 Å². The number of methoxy groups -OCH3 is 1. The second kappa shape index (κ2) is 4.98. The van der Waals surface area contributed by atoms with Gasteiger partial charge in [-0.15, -0.1) is 0 Å². The molecule has 0 fully saturated rings. The third kappa shape index (κ3) is 2.05. The summed E-state index contributed by atoms with van der Waals surface area (Å²) < 4.78 is 5.02. The smallest absolute Gasteiger partial charge is 0.182 e. The summed E-state index contributed by atoms with van der Waals surface area (Å²) in [4.78, 5) is 37.0. The summed E-state index contributed by atoms with van der Waals surface area (Å²) in [6.45, 7) is 0. The maximum atomic E-state index is 12.5. The number of carbonyl (C=O) groups is 3. The van der Waals surface area contributed by atoms with E-state index < -0.39 is 23.3 Å². The summed E-state index contributed by atoms with van der Waals surface area (Å²) in [6.07, 6.45) is 0. The molecule has 104 valence electrons. The van der Waals surface area contributed by atoms with Crippen LogP contribution in [0.4, 0.5) is 0 Å². The van der Waals surface area contributed by atoms with Crippen molar-refractivity contribution in [2.45, 2.75) is 0 Å². The molecule has 2 aromatic rings. The van der Waals surface area contributed by atoms with E-state index in [1.807, 2.05) is 0 Å². The zero-order valence-corrected chi connectivity index (χ0v) is 11.3. The predicted molar refractivity (Wildman–Crippen MR) is 75.9 cm³/mol. The normalized spacial score (nSPS) is 14.1. The van der Waals surface area contributed by atoms with Crippen molar-refractivity contribution in [1.29, 1.82) is 0 Å². The molecular weight excluding hydrogens is 268 g/mol. The van der Waals surface area contributed by atoms with Crippen LogP contribution >= 0.6 is 0 Å². The fourth-order valence-electron chi connectivity index (χ4n) is 2.50. The van der Waals surface area contributed by atoms with E-state index in [9.17, 15) is 14.4 Å². The van der Waals surface area contributed by atoms with Gasteiger partial charge in [0.1, 0.15) is 11.7 Å². The molecule has 0 radical (unpaired) electrons. The second-order valence-electron chi connectivity index (χ2n) is 4.80. The summed E-state index contributed by atoms with van der Waals surface area (Å²) in [5.74, 6) is -1.95. The minimum absolute atomic E-state index is 0.328. The van der Waals surface area contributed by atoms with E-state index in [4.69, 9.17) is 4.74 Å². The van der Waals surface area contributed by atoms with Gasteiger partial charge in [-0.25, -0.2) is 0 Å². The molecule has 0 unspecified atom stereocenters. The zero-order chi connectivity index (χ0) is 15.0. The van der Waals surface area contributed by atoms with Gasteiger partial charge in [-0.2, -0.15) is 0 Å². The zero-order valence-electron chi connectivity index (χ0n) is 11.3. The number of Topliss-reactive ketones (excluding diaryl/α,β-unsaturated/α-hetero) is 3. The molecule has 0 saturated carbocycles. The lowest BCUT2D eigenvalue weighted by Crippen LogP contribution is -2.25. The van der Waals surface area contributed by atoms with E-state index in [-0.39, 0.29) is 0 Å². The van der Waals surface area contributed by atoms with Crippen molar-refractivity contribution < 1.29 is 19.1 Å². The van der Waals surface area contributed by atoms with Crippen LogP contribution in [-0.2, 0) is 0 Å². The third-order valence-corrected chi connectivity index (χ3v) is 3.62. The van der Waals surface area contributed by atoms with Gasteiger partial charge in [0.25, 0.3) is 0 Å². The van der Waals surface area contributed by atoms with Crippen molar-refractivity contribution in [3.8, 4) is 5.75 Å². The summed E-state index contributed by atoms with van der Waals surface area (Å²) in [5, 5.41) is 0. The van der Waals surface area contributed by atoms with Gasteiger partial charge in [0, 0.05) is 16.7 Å². The summed E-state index contributed by atoms with van der Waals surface area (Å²) >= 11 is 0. The van der Waals surface area contributed by atoms with Crippen LogP contribution in [-0.4, -0.2) is 24.5 Å². The van der Waals surface area contributed by atoms with Gasteiger partial charge in [0.05, 0.1) is 7.11 Å².